The number of carbonyl (C=O) groups is 3. The van der Waals surface area contributed by atoms with E-state index in [1.807, 2.05) is 31.2 Å². The molecule has 3 rings (SSSR count). The average molecular weight is 460 g/mol. The Hall–Kier alpha value is -3.31. The third kappa shape index (κ3) is 7.15. The Morgan fingerprint density at radius 2 is 1.52 bits per heavy atom. The number of urea groups is 1. The van der Waals surface area contributed by atoms with Crippen molar-refractivity contribution in [3.05, 3.63) is 52.0 Å². The molecule has 1 aromatic carbocycles. The number of benzene rings is 1. The van der Waals surface area contributed by atoms with Gasteiger partial charge in [0.2, 0.25) is 5.91 Å². The molecule has 0 saturated carbocycles. The van der Waals surface area contributed by atoms with Crippen molar-refractivity contribution >= 4 is 56.5 Å². The number of nitrogens with zero attached hydrogens (tertiary/aromatic N) is 2. The number of nitrogens with one attached hydrogen (secondary N) is 3. The van der Waals surface area contributed by atoms with Crippen LogP contribution in [0.3, 0.4) is 0 Å². The number of aryl methyl sites for hydroxylation is 1. The Bertz CT molecular complexity index is 1060. The lowest BCUT2D eigenvalue weighted by molar-refractivity contribution is -0.142. The zero-order chi connectivity index (χ0) is 22.2. The number of anilines is 3. The lowest BCUT2D eigenvalue weighted by atomic mass is 10.2. The van der Waals surface area contributed by atoms with E-state index in [9.17, 15) is 14.4 Å². The molecule has 0 aliphatic carbocycles. The first-order valence-corrected chi connectivity index (χ1v) is 11.2. The van der Waals surface area contributed by atoms with Crippen molar-refractivity contribution in [2.45, 2.75) is 26.7 Å². The summed E-state index contributed by atoms with van der Waals surface area (Å²) in [4.78, 5) is 44.3. The topological polar surface area (TPSA) is 122 Å². The van der Waals surface area contributed by atoms with Gasteiger partial charge >= 0.3 is 12.0 Å². The fourth-order valence-electron chi connectivity index (χ4n) is 2.48. The maximum Gasteiger partial charge on any atom is 0.325 e. The van der Waals surface area contributed by atoms with Gasteiger partial charge in [-0.05, 0) is 26.0 Å². The smallest absolute Gasteiger partial charge is 0.325 e. The minimum Gasteiger partial charge on any atom is -0.466 e. The minimum atomic E-state index is -0.411. The van der Waals surface area contributed by atoms with Gasteiger partial charge in [-0.3, -0.25) is 14.9 Å². The van der Waals surface area contributed by atoms with Crippen LogP contribution in [0, 0.1) is 6.92 Å². The number of ether oxygens (including phenoxy) is 1. The fraction of sp³-hybridized carbons (Fsp3) is 0.250. The van der Waals surface area contributed by atoms with Gasteiger partial charge in [0.1, 0.15) is 0 Å². The number of thiazole rings is 2. The van der Waals surface area contributed by atoms with Gasteiger partial charge in [-0.1, -0.05) is 17.7 Å². The summed E-state index contributed by atoms with van der Waals surface area (Å²) < 4.78 is 4.88. The molecule has 2 heterocycles. The Balaban J connectivity index is 1.47. The molecule has 0 fully saturated rings. The molecule has 0 spiro atoms. The molecule has 11 heteroatoms. The van der Waals surface area contributed by atoms with Crippen LogP contribution in [0.2, 0.25) is 0 Å². The quantitative estimate of drug-likeness (QED) is 0.440. The van der Waals surface area contributed by atoms with Crippen molar-refractivity contribution in [2.75, 3.05) is 22.6 Å². The SMILES string of the molecule is CCOC(=O)Cc1csc(NC(=O)Cc2csc(NC(=O)Nc3ccc(C)cc3)n2)n1. The number of carbonyl (C=O) groups excluding carboxylic acids is 3. The zero-order valence-electron chi connectivity index (χ0n) is 16.9. The van der Waals surface area contributed by atoms with Crippen LogP contribution in [0.25, 0.3) is 0 Å². The summed E-state index contributed by atoms with van der Waals surface area (Å²) in [6.07, 6.45) is 0.0938. The highest BCUT2D eigenvalue weighted by Crippen LogP contribution is 2.19. The van der Waals surface area contributed by atoms with Crippen LogP contribution in [0.4, 0.5) is 20.7 Å². The van der Waals surface area contributed by atoms with Crippen LogP contribution in [0.15, 0.2) is 35.0 Å². The van der Waals surface area contributed by atoms with Gasteiger partial charge in [-0.25, -0.2) is 14.8 Å². The van der Waals surface area contributed by atoms with Crippen molar-refractivity contribution in [1.82, 2.24) is 9.97 Å². The third-order valence-corrected chi connectivity index (χ3v) is 5.47. The molecule has 31 heavy (non-hydrogen) atoms. The Labute approximate surface area is 186 Å². The molecule has 0 aliphatic heterocycles. The van der Waals surface area contributed by atoms with Crippen molar-refractivity contribution in [1.29, 1.82) is 0 Å². The van der Waals surface area contributed by atoms with Crippen molar-refractivity contribution < 1.29 is 19.1 Å². The Morgan fingerprint density at radius 3 is 2.16 bits per heavy atom. The molecular formula is C20H21N5O4S2. The highest BCUT2D eigenvalue weighted by Gasteiger charge is 2.13. The first-order valence-electron chi connectivity index (χ1n) is 9.40. The maximum atomic E-state index is 12.2. The van der Waals surface area contributed by atoms with Crippen molar-refractivity contribution in [3.63, 3.8) is 0 Å². The molecule has 3 N–H and O–H groups in total. The van der Waals surface area contributed by atoms with Gasteiger partial charge in [0.05, 0.1) is 30.8 Å². The highest BCUT2D eigenvalue weighted by atomic mass is 32.1. The minimum absolute atomic E-state index is 0.0323. The molecule has 2 aromatic heterocycles. The molecule has 162 valence electrons. The lowest BCUT2D eigenvalue weighted by Crippen LogP contribution is -2.19. The van der Waals surface area contributed by atoms with E-state index in [2.05, 4.69) is 25.9 Å². The van der Waals surface area contributed by atoms with E-state index < -0.39 is 6.03 Å². The summed E-state index contributed by atoms with van der Waals surface area (Å²) in [5.41, 5.74) is 2.83. The highest BCUT2D eigenvalue weighted by molar-refractivity contribution is 7.14. The van der Waals surface area contributed by atoms with Crippen LogP contribution in [-0.4, -0.2) is 34.5 Å². The van der Waals surface area contributed by atoms with E-state index in [0.717, 1.165) is 5.56 Å². The standard InChI is InChI=1S/C20H21N5O4S2/c1-3-29-17(27)9-15-11-30-19(23-15)24-16(26)8-14-10-31-20(22-14)25-18(28)21-13-6-4-12(2)5-7-13/h4-7,10-11H,3,8-9H2,1-2H3,(H,23,24,26)(H2,21,22,25,28). The molecule has 0 bridgehead atoms. The first kappa shape index (κ1) is 22.4. The first-order chi connectivity index (χ1) is 14.9. The van der Waals surface area contributed by atoms with Crippen LogP contribution in [-0.2, 0) is 27.2 Å². The molecule has 0 unspecified atom stereocenters. The van der Waals surface area contributed by atoms with Crippen LogP contribution >= 0.6 is 22.7 Å². The monoisotopic (exact) mass is 459 g/mol. The lowest BCUT2D eigenvalue weighted by Gasteiger charge is -2.05. The number of rotatable bonds is 8. The van der Waals surface area contributed by atoms with Crippen LogP contribution in [0.1, 0.15) is 23.9 Å². The number of amides is 3. The van der Waals surface area contributed by atoms with E-state index in [0.29, 0.717) is 33.9 Å². The maximum absolute atomic E-state index is 12.2. The number of hydrogen-bond acceptors (Lipinski definition) is 8. The van der Waals surface area contributed by atoms with Crippen molar-refractivity contribution in [3.8, 4) is 0 Å². The molecule has 9 nitrogen and oxygen atoms in total. The van der Waals surface area contributed by atoms with E-state index in [-0.39, 0.29) is 24.7 Å². The largest absolute Gasteiger partial charge is 0.466 e. The van der Waals surface area contributed by atoms with Gasteiger partial charge in [0.15, 0.2) is 10.3 Å². The normalized spacial score (nSPS) is 10.4. The molecule has 0 atom stereocenters. The number of hydrogen-bond donors (Lipinski definition) is 3. The molecule has 3 aromatic rings. The second-order valence-electron chi connectivity index (χ2n) is 6.44. The van der Waals surface area contributed by atoms with Gasteiger partial charge in [0, 0.05) is 16.4 Å². The van der Waals surface area contributed by atoms with E-state index in [4.69, 9.17) is 4.74 Å². The van der Waals surface area contributed by atoms with E-state index >= 15 is 0 Å². The molecule has 0 radical (unpaired) electrons. The summed E-state index contributed by atoms with van der Waals surface area (Å²) >= 11 is 2.46. The summed E-state index contributed by atoms with van der Waals surface area (Å²) in [7, 11) is 0. The molecule has 3 amide bonds. The fourth-order valence-corrected chi connectivity index (χ4v) is 3.91. The average Bonchev–Trinajstić information content (AvgIpc) is 3.33. The summed E-state index contributed by atoms with van der Waals surface area (Å²) in [5.74, 6) is -0.655. The summed E-state index contributed by atoms with van der Waals surface area (Å²) in [6.45, 7) is 4.01. The second-order valence-corrected chi connectivity index (χ2v) is 8.16. The molecule has 0 saturated heterocycles. The van der Waals surface area contributed by atoms with Crippen LogP contribution in [0.5, 0.6) is 0 Å². The van der Waals surface area contributed by atoms with Gasteiger partial charge < -0.3 is 15.4 Å². The molecule has 0 aliphatic rings. The number of aromatic nitrogens is 2. The van der Waals surface area contributed by atoms with Gasteiger partial charge in [-0.15, -0.1) is 22.7 Å². The predicted molar refractivity (Wildman–Crippen MR) is 121 cm³/mol. The summed E-state index contributed by atoms with van der Waals surface area (Å²) in [5, 5.41) is 12.2. The molecular weight excluding hydrogens is 438 g/mol. The zero-order valence-corrected chi connectivity index (χ0v) is 18.6. The summed E-state index contributed by atoms with van der Waals surface area (Å²) in [6, 6.07) is 7.01. The number of esters is 1. The Morgan fingerprint density at radius 1 is 0.903 bits per heavy atom. The van der Waals surface area contributed by atoms with Gasteiger partial charge in [-0.2, -0.15) is 0 Å². The van der Waals surface area contributed by atoms with Crippen molar-refractivity contribution in [2.24, 2.45) is 0 Å². The van der Waals surface area contributed by atoms with E-state index in [1.54, 1.807) is 17.7 Å². The Kier molecular flexibility index (Phi) is 7.68. The third-order valence-electron chi connectivity index (χ3n) is 3.85. The van der Waals surface area contributed by atoms with Gasteiger partial charge in [0.25, 0.3) is 0 Å². The van der Waals surface area contributed by atoms with Crippen LogP contribution < -0.4 is 16.0 Å². The van der Waals surface area contributed by atoms with E-state index in [1.165, 1.54) is 22.7 Å². The second kappa shape index (κ2) is 10.6. The predicted octanol–water partition coefficient (Wildman–Crippen LogP) is 3.84.